The molecule has 7 nitrogen and oxygen atoms in total. The molecule has 0 aliphatic carbocycles. The highest BCUT2D eigenvalue weighted by molar-refractivity contribution is 8.16. The van der Waals surface area contributed by atoms with E-state index in [1.165, 1.54) is 11.8 Å². The van der Waals surface area contributed by atoms with Crippen molar-refractivity contribution in [2.24, 2.45) is 4.99 Å². The van der Waals surface area contributed by atoms with E-state index >= 15 is 0 Å². The number of nitrogens with one attached hydrogen (secondary N) is 2. The number of hydrogen-bond donors (Lipinski definition) is 2. The molecule has 0 saturated carbocycles. The van der Waals surface area contributed by atoms with E-state index in [1.54, 1.807) is 0 Å². The minimum atomic E-state index is -0.395. The van der Waals surface area contributed by atoms with E-state index in [2.05, 4.69) is 16.7 Å². The average molecular weight is 503 g/mol. The number of amidine groups is 1. The number of hydrogen-bond acceptors (Lipinski definition) is 6. The van der Waals surface area contributed by atoms with Crippen LogP contribution in [0.3, 0.4) is 0 Å². The molecule has 0 aromatic heterocycles. The van der Waals surface area contributed by atoms with E-state index in [-0.39, 0.29) is 24.3 Å². The van der Waals surface area contributed by atoms with E-state index in [9.17, 15) is 9.59 Å². The molecule has 0 spiro atoms. The molecule has 8 heteroatoms. The van der Waals surface area contributed by atoms with Gasteiger partial charge in [-0.15, -0.1) is 0 Å². The van der Waals surface area contributed by atoms with Crippen LogP contribution in [0.25, 0.3) is 0 Å². The maximum atomic E-state index is 13.6. The van der Waals surface area contributed by atoms with Gasteiger partial charge in [0.25, 0.3) is 5.91 Å². The first-order valence-corrected chi connectivity index (χ1v) is 13.1. The molecule has 0 bridgehead atoms. The summed E-state index contributed by atoms with van der Waals surface area (Å²) in [6, 6.07) is 17.2. The van der Waals surface area contributed by atoms with Crippen molar-refractivity contribution < 1.29 is 14.3 Å². The Kier molecular flexibility index (Phi) is 7.25. The van der Waals surface area contributed by atoms with Crippen molar-refractivity contribution >= 4 is 34.4 Å². The lowest BCUT2D eigenvalue weighted by atomic mass is 9.92. The maximum Gasteiger partial charge on any atom is 0.255 e. The van der Waals surface area contributed by atoms with Gasteiger partial charge in [-0.05, 0) is 49.8 Å². The van der Waals surface area contributed by atoms with Crippen molar-refractivity contribution in [3.63, 3.8) is 0 Å². The summed E-state index contributed by atoms with van der Waals surface area (Å²) in [5.41, 5.74) is 4.87. The summed E-state index contributed by atoms with van der Waals surface area (Å²) in [7, 11) is 0. The number of ether oxygens (including phenoxy) is 1. The Hall–Kier alpha value is -3.36. The number of aryl methyl sites for hydroxylation is 1. The lowest BCUT2D eigenvalue weighted by molar-refractivity contribution is -0.121. The third-order valence-electron chi connectivity index (χ3n) is 6.53. The second-order valence-electron chi connectivity index (χ2n) is 9.24. The zero-order valence-electron chi connectivity index (χ0n) is 20.5. The van der Waals surface area contributed by atoms with Crippen LogP contribution in [-0.2, 0) is 14.3 Å². The fourth-order valence-corrected chi connectivity index (χ4v) is 5.76. The summed E-state index contributed by atoms with van der Waals surface area (Å²) in [5, 5.41) is 8.79. The summed E-state index contributed by atoms with van der Waals surface area (Å²) in [4.78, 5) is 33.3. The van der Waals surface area contributed by atoms with Gasteiger partial charge >= 0.3 is 0 Å². The summed E-state index contributed by atoms with van der Waals surface area (Å²) >= 11 is 1.49. The van der Waals surface area contributed by atoms with E-state index in [0.29, 0.717) is 17.8 Å². The summed E-state index contributed by atoms with van der Waals surface area (Å²) in [6.07, 6.45) is 2.30. The Morgan fingerprint density at radius 1 is 1.14 bits per heavy atom. The monoisotopic (exact) mass is 502 g/mol. The first-order valence-electron chi connectivity index (χ1n) is 12.3. The summed E-state index contributed by atoms with van der Waals surface area (Å²) in [6.45, 7) is 5.19. The van der Waals surface area contributed by atoms with Crippen LogP contribution in [0.4, 0.5) is 5.69 Å². The fourth-order valence-electron chi connectivity index (χ4n) is 4.80. The number of rotatable bonds is 7. The Bertz CT molecular complexity index is 1250. The molecule has 1 fully saturated rings. The lowest BCUT2D eigenvalue weighted by Crippen LogP contribution is -2.39. The highest BCUT2D eigenvalue weighted by Crippen LogP contribution is 2.44. The minimum Gasteiger partial charge on any atom is -0.376 e. The molecule has 36 heavy (non-hydrogen) atoms. The molecule has 2 atom stereocenters. The van der Waals surface area contributed by atoms with Gasteiger partial charge in [-0.1, -0.05) is 59.8 Å². The Balaban J connectivity index is 1.43. The number of carbonyl (C=O) groups excluding carboxylic acids is 2. The van der Waals surface area contributed by atoms with Crippen LogP contribution in [0, 0.1) is 6.92 Å². The van der Waals surface area contributed by atoms with Crippen LogP contribution in [0.15, 0.2) is 82.0 Å². The van der Waals surface area contributed by atoms with Crippen molar-refractivity contribution in [2.75, 3.05) is 18.5 Å². The topological polar surface area (TPSA) is 83.0 Å². The first kappa shape index (κ1) is 24.3. The number of fused-ring (bicyclic) bond motifs is 1. The van der Waals surface area contributed by atoms with Crippen molar-refractivity contribution in [1.82, 2.24) is 10.2 Å². The molecule has 2 unspecified atom stereocenters. The number of benzene rings is 2. The van der Waals surface area contributed by atoms with Gasteiger partial charge in [-0.2, -0.15) is 0 Å². The van der Waals surface area contributed by atoms with Gasteiger partial charge < -0.3 is 20.3 Å². The molecule has 2 aromatic carbocycles. The molecule has 1 saturated heterocycles. The number of thioether (sulfide) groups is 1. The van der Waals surface area contributed by atoms with Crippen LogP contribution in [0.2, 0.25) is 0 Å². The molecular formula is C28H30N4O3S. The molecule has 3 aliphatic heterocycles. The molecule has 3 aliphatic rings. The van der Waals surface area contributed by atoms with Gasteiger partial charge in [0.05, 0.1) is 29.8 Å². The van der Waals surface area contributed by atoms with Gasteiger partial charge in [-0.3, -0.25) is 9.59 Å². The van der Waals surface area contributed by atoms with Crippen molar-refractivity contribution in [3.8, 4) is 0 Å². The van der Waals surface area contributed by atoms with Gasteiger partial charge in [0.2, 0.25) is 5.91 Å². The van der Waals surface area contributed by atoms with Crippen molar-refractivity contribution in [2.45, 2.75) is 45.3 Å². The predicted molar refractivity (Wildman–Crippen MR) is 143 cm³/mol. The Morgan fingerprint density at radius 3 is 2.72 bits per heavy atom. The highest BCUT2D eigenvalue weighted by Gasteiger charge is 2.40. The molecule has 2 N–H and O–H groups in total. The van der Waals surface area contributed by atoms with Crippen molar-refractivity contribution in [1.29, 1.82) is 0 Å². The summed E-state index contributed by atoms with van der Waals surface area (Å²) < 4.78 is 5.63. The zero-order valence-corrected chi connectivity index (χ0v) is 21.3. The Morgan fingerprint density at radius 2 is 1.97 bits per heavy atom. The number of nitrogens with zero attached hydrogens (tertiary/aromatic N) is 2. The quantitative estimate of drug-likeness (QED) is 0.563. The van der Waals surface area contributed by atoms with Gasteiger partial charge in [0, 0.05) is 24.5 Å². The molecule has 186 valence electrons. The van der Waals surface area contributed by atoms with Crippen LogP contribution < -0.4 is 10.6 Å². The molecular weight excluding hydrogens is 472 g/mol. The molecule has 3 heterocycles. The maximum absolute atomic E-state index is 13.6. The number of aliphatic imine (C=N–C) groups is 1. The standard InChI is InChI=1S/C28H30N4O3S/c1-18-8-6-9-20(14-18)26-25(27(34)31-21-10-4-3-5-11-21)19(2)30-28-32(26)22(17-36-28)15-24(33)29-16-23-12-7-13-35-23/h3-6,8-11,14,17,23,26H,7,12-13,15-16H2,1-2H3,(H,29,33)(H,31,34). The Labute approximate surface area is 215 Å². The van der Waals surface area contributed by atoms with Crippen LogP contribution >= 0.6 is 11.8 Å². The van der Waals surface area contributed by atoms with E-state index < -0.39 is 6.04 Å². The SMILES string of the molecule is CC1=C(C(=O)Nc2ccccc2)C(c2cccc(C)c2)N2C(CC(=O)NCC3CCCO3)=CSC2=N1. The summed E-state index contributed by atoms with van der Waals surface area (Å²) in [5.74, 6) is -0.268. The van der Waals surface area contributed by atoms with Crippen LogP contribution in [0.5, 0.6) is 0 Å². The molecule has 0 radical (unpaired) electrons. The van der Waals surface area contributed by atoms with Crippen LogP contribution in [-0.4, -0.2) is 41.1 Å². The second kappa shape index (κ2) is 10.7. The average Bonchev–Trinajstić information content (AvgIpc) is 3.53. The smallest absolute Gasteiger partial charge is 0.255 e. The number of allylic oxidation sites excluding steroid dienone is 1. The third kappa shape index (κ3) is 5.24. The minimum absolute atomic E-state index is 0.0665. The normalized spacial score (nSPS) is 21.1. The first-order chi connectivity index (χ1) is 17.5. The predicted octanol–water partition coefficient (Wildman–Crippen LogP) is 4.89. The van der Waals surface area contributed by atoms with E-state index in [1.807, 2.05) is 72.7 Å². The van der Waals surface area contributed by atoms with Gasteiger partial charge in [0.1, 0.15) is 0 Å². The van der Waals surface area contributed by atoms with E-state index in [0.717, 1.165) is 47.1 Å². The number of para-hydroxylation sites is 1. The largest absolute Gasteiger partial charge is 0.376 e. The number of anilines is 1. The van der Waals surface area contributed by atoms with Crippen LogP contribution in [0.1, 0.15) is 43.4 Å². The van der Waals surface area contributed by atoms with E-state index in [4.69, 9.17) is 9.73 Å². The number of carbonyl (C=O) groups is 2. The number of amides is 2. The fraction of sp³-hybridized carbons (Fsp3) is 0.321. The lowest BCUT2D eigenvalue weighted by Gasteiger charge is -2.36. The second-order valence-corrected chi connectivity index (χ2v) is 10.1. The molecule has 2 amide bonds. The molecule has 5 rings (SSSR count). The zero-order chi connectivity index (χ0) is 25.1. The molecule has 2 aromatic rings. The van der Waals surface area contributed by atoms with Gasteiger partial charge in [0.15, 0.2) is 5.17 Å². The van der Waals surface area contributed by atoms with Crippen molar-refractivity contribution in [3.05, 3.63) is 88.1 Å². The van der Waals surface area contributed by atoms with Gasteiger partial charge in [-0.25, -0.2) is 4.99 Å². The highest BCUT2D eigenvalue weighted by atomic mass is 32.2. The third-order valence-corrected chi connectivity index (χ3v) is 7.42.